The topological polar surface area (TPSA) is 350 Å². The molecule has 133 heavy (non-hydrogen) atoms. The number of aromatic amines is 2. The standard InChI is InChI=1S/C52H61ClN8O7S.C47H52ClN7O8S/c1-34-30-58(19-22-60(34)40-5-4-6-40)31-35-23-45-47(61(63)64)26-43(27-48(45)67-33-35)69(65,66)56-51(62)44-12-11-41(25-49(44)68-42-24-37-14-16-54-50(37)55-29-42)59-20-17-57(18-21-59)32-38-13-15-52(2,3)28-46(38)36-7-9-39(53)10-8-36;1-46(2)12-10-33(40(23-46)31-4-6-34(48)7-5-31)26-52-14-16-54(17-15-52)35-8-9-38(43(20-35)63-36-19-32-11-13-49-44(32)50-24-36)45(56)51-64(60,61)37-21-41(55(58)59)39-18-30(27-62-42(39)22-37)25-53-28-47(3,57)29-53/h7-12,14,16,24-27,29,34-35,40H,4-6,13,15,17-23,28,30-33H2,1-3H3,(H,54,55)(H,56,62);4-9,11,13,19-22,24,30,57H,10,12,14-18,23,25-29H2,1-3H3,(H,49,50)(H,51,56)/t34-,35-;30-/m11/s1. The molecule has 6 aromatic carbocycles. The number of sulfonamides is 2. The van der Waals surface area contributed by atoms with Gasteiger partial charge in [0.1, 0.15) is 45.8 Å². The third kappa shape index (κ3) is 21.2. The van der Waals surface area contributed by atoms with Crippen molar-refractivity contribution >= 4 is 111 Å². The van der Waals surface area contributed by atoms with Gasteiger partial charge in [-0.05, 0) is 184 Å². The molecule has 1 saturated carbocycles. The second kappa shape index (κ2) is 38.0. The first-order valence-electron chi connectivity index (χ1n) is 46.0. The highest BCUT2D eigenvalue weighted by Crippen LogP contribution is 2.48. The molecule has 19 rings (SSSR count). The zero-order valence-corrected chi connectivity index (χ0v) is 78.8. The minimum Gasteiger partial charge on any atom is -0.493 e. The van der Waals surface area contributed by atoms with Gasteiger partial charge in [0.15, 0.2) is 0 Å². The molecule has 2 amide bonds. The first kappa shape index (κ1) is 92.4. The zero-order valence-electron chi connectivity index (χ0n) is 75.7. The van der Waals surface area contributed by atoms with Crippen molar-refractivity contribution in [2.24, 2.45) is 22.7 Å². The molecule has 34 heteroatoms. The van der Waals surface area contributed by atoms with E-state index in [1.807, 2.05) is 36.4 Å². The molecule has 0 radical (unpaired) electrons. The van der Waals surface area contributed by atoms with Gasteiger partial charge in [0.2, 0.25) is 0 Å². The number of carbonyl (C=O) groups is 2. The predicted octanol–water partition coefficient (Wildman–Crippen LogP) is 16.4. The summed E-state index contributed by atoms with van der Waals surface area (Å²) < 4.78 is 85.0. The van der Waals surface area contributed by atoms with Crippen molar-refractivity contribution in [2.45, 2.75) is 140 Å². The maximum absolute atomic E-state index is 14.2. The molecule has 0 bridgehead atoms. The molecule has 4 aromatic heterocycles. The first-order valence-corrected chi connectivity index (χ1v) is 49.7. The SMILES string of the molecule is CC1(C)CCC(CN2CCN(c3ccc(C(=O)NS(=O)(=O)c4cc5c(c([N+](=O)[O-])c4)C[C@H](CN4CC(C)(O)C4)CO5)c(Oc4cnc5[nH]ccc5c4)c3)CC2)=C(c2ccc(Cl)cc2)C1.C[C@@H]1CN(C[C@@H]2COc3cc(S(=O)(=O)NC(=O)c4ccc(N5CCN(CC6=C(c7ccc(Cl)cc7)CC(C)(C)CC6)CC5)cc4Oc4cnc5[nH]ccc5c4)cc([N+](=O)[O-])c3C2)CCN1C1CCC1. The highest BCUT2D eigenvalue weighted by atomic mass is 35.5. The molecule has 10 heterocycles. The van der Waals surface area contributed by atoms with Crippen molar-refractivity contribution in [3.8, 4) is 34.5 Å². The van der Waals surface area contributed by atoms with Crippen LogP contribution in [0, 0.1) is 42.9 Å². The summed E-state index contributed by atoms with van der Waals surface area (Å²) in [7, 11) is -9.28. The number of hydrogen-bond acceptors (Lipinski definition) is 24. The van der Waals surface area contributed by atoms with Gasteiger partial charge in [-0.1, -0.05) is 92.7 Å². The summed E-state index contributed by atoms with van der Waals surface area (Å²) in [4.78, 5) is 82.4. The van der Waals surface area contributed by atoms with E-state index in [-0.39, 0.29) is 74.6 Å². The van der Waals surface area contributed by atoms with E-state index in [1.54, 1.807) is 61.8 Å². The molecule has 0 spiro atoms. The Morgan fingerprint density at radius 2 is 0.985 bits per heavy atom. The molecule has 5 N–H and O–H groups in total. The normalized spacial score (nSPS) is 20.9. The summed E-state index contributed by atoms with van der Waals surface area (Å²) in [6, 6.07) is 39.4. The van der Waals surface area contributed by atoms with Crippen LogP contribution < -0.4 is 38.2 Å². The van der Waals surface area contributed by atoms with Crippen LogP contribution in [-0.4, -0.2) is 230 Å². The van der Waals surface area contributed by atoms with Crippen LogP contribution in [0.4, 0.5) is 22.7 Å². The van der Waals surface area contributed by atoms with Crippen LogP contribution in [0.1, 0.15) is 142 Å². The van der Waals surface area contributed by atoms with E-state index in [2.05, 4.69) is 123 Å². The largest absolute Gasteiger partial charge is 0.493 e. The van der Waals surface area contributed by atoms with E-state index in [1.165, 1.54) is 83.3 Å². The zero-order chi connectivity index (χ0) is 93.0. The van der Waals surface area contributed by atoms with Crippen molar-refractivity contribution < 1.29 is 60.3 Å². The number of amides is 2. The lowest BCUT2D eigenvalue weighted by atomic mass is 9.72. The predicted molar refractivity (Wildman–Crippen MR) is 513 cm³/mol. The van der Waals surface area contributed by atoms with Gasteiger partial charge in [-0.3, -0.25) is 49.4 Å². The number of nitrogens with zero attached hydrogens (tertiary/aromatic N) is 11. The Bertz CT molecular complexity index is 6420. The smallest absolute Gasteiger partial charge is 0.277 e. The number of halogens is 2. The second-order valence-electron chi connectivity index (χ2n) is 39.2. The van der Waals surface area contributed by atoms with Crippen LogP contribution in [0.25, 0.3) is 33.2 Å². The molecule has 30 nitrogen and oxygen atoms in total. The maximum Gasteiger partial charge on any atom is 0.277 e. The number of anilines is 2. The quantitative estimate of drug-likeness (QED) is 0.0262. The number of rotatable bonds is 25. The van der Waals surface area contributed by atoms with E-state index in [0.29, 0.717) is 92.6 Å². The number of hydrogen-bond donors (Lipinski definition) is 5. The molecule has 0 unspecified atom stereocenters. The highest BCUT2D eigenvalue weighted by molar-refractivity contribution is 7.90. The maximum atomic E-state index is 14.2. The van der Waals surface area contributed by atoms with Gasteiger partial charge in [-0.25, -0.2) is 36.2 Å². The van der Waals surface area contributed by atoms with E-state index < -0.39 is 62.8 Å². The Kier molecular flexibility index (Phi) is 26.4. The van der Waals surface area contributed by atoms with Crippen molar-refractivity contribution in [3.05, 3.63) is 233 Å². The number of nitrogens with one attached hydrogen (secondary N) is 4. The molecule has 6 aliphatic heterocycles. The van der Waals surface area contributed by atoms with Crippen molar-refractivity contribution in [1.82, 2.24) is 53.9 Å². The molecule has 4 saturated heterocycles. The van der Waals surface area contributed by atoms with E-state index in [0.717, 1.165) is 161 Å². The number of nitro benzene ring substituents is 2. The lowest BCUT2D eigenvalue weighted by molar-refractivity contribution is -0.386. The average Bonchev–Trinajstić information content (AvgIpc) is 1.76. The summed E-state index contributed by atoms with van der Waals surface area (Å²) >= 11 is 12.5. The number of nitro groups is 2. The molecule has 10 aromatic rings. The monoisotopic (exact) mass is 1890 g/mol. The van der Waals surface area contributed by atoms with Crippen LogP contribution in [0.2, 0.25) is 10.0 Å². The Morgan fingerprint density at radius 1 is 0.556 bits per heavy atom. The number of aromatic nitrogens is 4. The third-order valence-electron chi connectivity index (χ3n) is 27.9. The fraction of sp³-hybridized carbons (Fsp3) is 0.434. The Hall–Kier alpha value is -11.0. The summed E-state index contributed by atoms with van der Waals surface area (Å²) in [6.45, 7) is 26.9. The molecule has 3 atom stereocenters. The van der Waals surface area contributed by atoms with Gasteiger partial charge in [0, 0.05) is 216 Å². The lowest BCUT2D eigenvalue weighted by Crippen LogP contribution is -2.61. The fourth-order valence-electron chi connectivity index (χ4n) is 20.5. The first-order chi connectivity index (χ1) is 63.6. The number of piperazine rings is 3. The third-order valence-corrected chi connectivity index (χ3v) is 31.0. The molecule has 5 fully saturated rings. The van der Waals surface area contributed by atoms with E-state index in [9.17, 15) is 51.8 Å². The van der Waals surface area contributed by atoms with Crippen LogP contribution in [0.5, 0.6) is 34.5 Å². The summed E-state index contributed by atoms with van der Waals surface area (Å²) in [5, 5.41) is 38.0. The molecule has 700 valence electrons. The van der Waals surface area contributed by atoms with Crippen LogP contribution >= 0.6 is 23.2 Å². The van der Waals surface area contributed by atoms with Crippen LogP contribution in [-0.2, 0) is 32.9 Å². The Balaban J connectivity index is 0.000000179. The number of pyridine rings is 2. The Morgan fingerprint density at radius 3 is 1.39 bits per heavy atom. The molecular weight excluding hydrogens is 1770 g/mol. The number of likely N-dealkylation sites (tertiary alicyclic amines) is 1. The van der Waals surface area contributed by atoms with Crippen LogP contribution in [0.3, 0.4) is 0 Å². The number of aliphatic hydroxyl groups is 1. The summed E-state index contributed by atoms with van der Waals surface area (Å²) in [5.41, 5.74) is 10.6. The van der Waals surface area contributed by atoms with E-state index >= 15 is 0 Å². The van der Waals surface area contributed by atoms with Crippen molar-refractivity contribution in [1.29, 1.82) is 0 Å². The fourth-order valence-corrected chi connectivity index (χ4v) is 22.8. The number of H-pyrrole nitrogens is 2. The second-order valence-corrected chi connectivity index (χ2v) is 43.4. The highest BCUT2D eigenvalue weighted by Gasteiger charge is 2.42. The van der Waals surface area contributed by atoms with Gasteiger partial charge < -0.3 is 48.7 Å². The van der Waals surface area contributed by atoms with Gasteiger partial charge in [0.25, 0.3) is 43.2 Å². The lowest BCUT2D eigenvalue weighted by Gasteiger charge is -2.47. The molecule has 9 aliphatic rings. The van der Waals surface area contributed by atoms with Gasteiger partial charge in [-0.15, -0.1) is 0 Å². The van der Waals surface area contributed by atoms with E-state index in [4.69, 9.17) is 42.1 Å². The number of allylic oxidation sites excluding steroid dienone is 2. The number of fused-ring (bicyclic) bond motifs is 4. The molecular formula is C99H113Cl2N15O15S2. The Labute approximate surface area is 784 Å². The van der Waals surface area contributed by atoms with Gasteiger partial charge in [-0.2, -0.15) is 0 Å². The van der Waals surface area contributed by atoms with Gasteiger partial charge in [0.05, 0.1) is 73.1 Å². The number of benzene rings is 6. The summed E-state index contributed by atoms with van der Waals surface area (Å²) in [6.07, 6.45) is 17.4. The van der Waals surface area contributed by atoms with Crippen molar-refractivity contribution in [3.63, 3.8) is 0 Å². The minimum atomic E-state index is -4.65. The number of β-amino-alcohol motifs (C(OH)–C–C–N with tert-alkyl or cyclic N) is 1. The van der Waals surface area contributed by atoms with Gasteiger partial charge >= 0.3 is 0 Å². The average molecular weight is 1890 g/mol. The van der Waals surface area contributed by atoms with Crippen LogP contribution in [0.15, 0.2) is 179 Å². The number of carbonyl (C=O) groups excluding carboxylic acids is 2. The molecule has 3 aliphatic carbocycles. The summed E-state index contributed by atoms with van der Waals surface area (Å²) in [5.74, 6) is -0.869. The number of ether oxygens (including phenoxy) is 4. The minimum absolute atomic E-state index is 0.000219. The van der Waals surface area contributed by atoms with Crippen molar-refractivity contribution in [2.75, 3.05) is 134 Å².